The number of fused-ring (bicyclic) bond motifs is 2. The Hall–Kier alpha value is -4.72. The molecular weight excluding hydrogens is 780 g/mol. The summed E-state index contributed by atoms with van der Waals surface area (Å²) in [5.41, 5.74) is 11.3. The molecule has 3 aromatic rings. The number of amides is 2. The summed E-state index contributed by atoms with van der Waals surface area (Å²) in [5.74, 6) is -0.900. The van der Waals surface area contributed by atoms with Crippen LogP contribution in [0.1, 0.15) is 29.5 Å². The molecule has 4 rings (SSSR count). The average molecular weight is 841 g/mol. The zero-order valence-corrected chi connectivity index (χ0v) is 34.6. The van der Waals surface area contributed by atoms with E-state index in [4.69, 9.17) is 43.6 Å². The van der Waals surface area contributed by atoms with E-state index in [1.165, 1.54) is 12.3 Å². The summed E-state index contributed by atoms with van der Waals surface area (Å²) in [4.78, 5) is 31.5. The van der Waals surface area contributed by atoms with Gasteiger partial charge in [0.25, 0.3) is 5.95 Å². The monoisotopic (exact) mass is 840 g/mol. The molecule has 0 bridgehead atoms. The number of hydrogen-bond donors (Lipinski definition) is 4. The summed E-state index contributed by atoms with van der Waals surface area (Å²) in [6.07, 6.45) is 1.64. The number of carbonyl (C=O) groups is 2. The molecule has 0 spiro atoms. The summed E-state index contributed by atoms with van der Waals surface area (Å²) in [5, 5.41) is 9.32. The van der Waals surface area contributed by atoms with E-state index in [-0.39, 0.29) is 50.2 Å². The van der Waals surface area contributed by atoms with E-state index >= 15 is 0 Å². The van der Waals surface area contributed by atoms with Crippen LogP contribution in [0.5, 0.6) is 5.75 Å². The number of para-hydroxylation sites is 1. The lowest BCUT2D eigenvalue weighted by Crippen LogP contribution is -2.36. The molecule has 330 valence electrons. The van der Waals surface area contributed by atoms with Gasteiger partial charge in [-0.05, 0) is 30.8 Å². The van der Waals surface area contributed by atoms with Crippen molar-refractivity contribution < 1.29 is 51.9 Å². The van der Waals surface area contributed by atoms with E-state index in [9.17, 15) is 14.0 Å². The van der Waals surface area contributed by atoms with Crippen LogP contribution in [0.3, 0.4) is 0 Å². The van der Waals surface area contributed by atoms with Crippen molar-refractivity contribution >= 4 is 28.9 Å². The molecule has 5 N–H and O–H groups in total. The van der Waals surface area contributed by atoms with Crippen LogP contribution in [0.2, 0.25) is 0 Å². The Morgan fingerprint density at radius 1 is 0.667 bits per heavy atom. The first-order chi connectivity index (χ1) is 29.5. The fourth-order valence-electron chi connectivity index (χ4n) is 5.90. The van der Waals surface area contributed by atoms with Gasteiger partial charge in [0.1, 0.15) is 6.61 Å². The van der Waals surface area contributed by atoms with Crippen molar-refractivity contribution in [2.45, 2.75) is 19.4 Å². The minimum atomic E-state index is -0.651. The van der Waals surface area contributed by atoms with Gasteiger partial charge in [-0.3, -0.25) is 9.59 Å². The SMILES string of the molecule is CNCCOCCOCCOCCOCCC(=O)NCCC(=O)N1Cc2ccccc2/C(NCCOCCOCCOCCOc2cccnc2F)=C(/N)c2ccccc21. The predicted octanol–water partition coefficient (Wildman–Crippen LogP) is 2.75. The maximum absolute atomic E-state index is 13.8. The van der Waals surface area contributed by atoms with Gasteiger partial charge < -0.3 is 64.5 Å². The Balaban J connectivity index is 1.13. The molecule has 0 saturated carbocycles. The van der Waals surface area contributed by atoms with E-state index in [0.717, 1.165) is 28.9 Å². The van der Waals surface area contributed by atoms with Crippen LogP contribution in [0.4, 0.5) is 10.1 Å². The first-order valence-corrected chi connectivity index (χ1v) is 20.4. The van der Waals surface area contributed by atoms with Gasteiger partial charge in [0.2, 0.25) is 11.8 Å². The minimum Gasteiger partial charge on any atom is -0.486 e. The van der Waals surface area contributed by atoms with Crippen LogP contribution < -0.4 is 31.3 Å². The first-order valence-electron chi connectivity index (χ1n) is 20.4. The Kier molecular flexibility index (Phi) is 23.6. The highest BCUT2D eigenvalue weighted by molar-refractivity contribution is 6.01. The minimum absolute atomic E-state index is 0.0923. The van der Waals surface area contributed by atoms with Gasteiger partial charge >= 0.3 is 0 Å². The molecule has 2 amide bonds. The third-order valence-electron chi connectivity index (χ3n) is 8.92. The smallest absolute Gasteiger partial charge is 0.255 e. The van der Waals surface area contributed by atoms with Crippen LogP contribution in [0, 0.1) is 5.95 Å². The summed E-state index contributed by atoms with van der Waals surface area (Å²) in [6.45, 7) is 7.90. The average Bonchev–Trinajstić information content (AvgIpc) is 3.26. The molecule has 0 fully saturated rings. The molecule has 17 heteroatoms. The second-order valence-corrected chi connectivity index (χ2v) is 13.3. The molecule has 60 heavy (non-hydrogen) atoms. The predicted molar refractivity (Wildman–Crippen MR) is 225 cm³/mol. The van der Waals surface area contributed by atoms with Gasteiger partial charge in [0.15, 0.2) is 5.75 Å². The van der Waals surface area contributed by atoms with E-state index in [2.05, 4.69) is 20.9 Å². The van der Waals surface area contributed by atoms with Crippen molar-refractivity contribution in [2.24, 2.45) is 5.73 Å². The van der Waals surface area contributed by atoms with Crippen LogP contribution in [-0.2, 0) is 49.3 Å². The van der Waals surface area contributed by atoms with Crippen LogP contribution in [0.15, 0.2) is 66.9 Å². The fourth-order valence-corrected chi connectivity index (χ4v) is 5.90. The highest BCUT2D eigenvalue weighted by atomic mass is 19.1. The Bertz CT molecular complexity index is 1720. The molecule has 0 unspecified atom stereocenters. The number of carbonyl (C=O) groups excluding carboxylic acids is 2. The second kappa shape index (κ2) is 29.5. The van der Waals surface area contributed by atoms with E-state index < -0.39 is 5.95 Å². The summed E-state index contributed by atoms with van der Waals surface area (Å²) in [6, 6.07) is 18.5. The molecule has 0 radical (unpaired) electrons. The van der Waals surface area contributed by atoms with E-state index in [1.807, 2.05) is 55.6 Å². The maximum Gasteiger partial charge on any atom is 0.255 e. The number of nitrogens with zero attached hydrogens (tertiary/aromatic N) is 2. The molecule has 0 saturated heterocycles. The maximum atomic E-state index is 13.8. The van der Waals surface area contributed by atoms with Gasteiger partial charge in [0, 0.05) is 49.8 Å². The molecule has 1 aliphatic heterocycles. The molecule has 0 atom stereocenters. The normalized spacial score (nSPS) is 13.6. The van der Waals surface area contributed by atoms with Crippen molar-refractivity contribution in [1.82, 2.24) is 20.9 Å². The van der Waals surface area contributed by atoms with Crippen molar-refractivity contribution in [3.8, 4) is 5.75 Å². The number of pyridine rings is 1. The van der Waals surface area contributed by atoms with Crippen molar-refractivity contribution in [1.29, 1.82) is 0 Å². The highest BCUT2D eigenvalue weighted by Crippen LogP contribution is 2.34. The lowest BCUT2D eigenvalue weighted by Gasteiger charge is -2.30. The lowest BCUT2D eigenvalue weighted by atomic mass is 9.96. The molecular formula is C43H61FN6O10. The fraction of sp³-hybridized carbons (Fsp3) is 0.512. The molecule has 2 aromatic carbocycles. The molecule has 2 heterocycles. The molecule has 1 aliphatic rings. The number of halogens is 1. The Morgan fingerprint density at radius 2 is 1.23 bits per heavy atom. The Labute approximate surface area is 352 Å². The van der Waals surface area contributed by atoms with E-state index in [0.29, 0.717) is 110 Å². The topological polar surface area (TPSA) is 186 Å². The standard InChI is InChI=1S/C43H61FN6O10/c1-46-16-19-54-22-25-57-28-27-56-24-21-53-18-13-39(51)47-15-12-40(52)50-33-34-7-2-3-8-35(34)42(41(45)36-9-4-5-10-37(36)50)48-17-20-55-23-26-58-29-30-59-31-32-60-38-11-6-14-49-43(38)44/h2-11,14,46,48H,12-13,15-33,45H2,1H3,(H,47,51)/b42-41-. The number of rotatable bonds is 32. The number of ether oxygens (including phenoxy) is 8. The van der Waals surface area contributed by atoms with Crippen LogP contribution >= 0.6 is 0 Å². The van der Waals surface area contributed by atoms with Gasteiger partial charge in [-0.1, -0.05) is 42.5 Å². The number of nitrogens with one attached hydrogen (secondary N) is 3. The summed E-state index contributed by atoms with van der Waals surface area (Å²) < 4.78 is 57.5. The summed E-state index contributed by atoms with van der Waals surface area (Å²) in [7, 11) is 1.88. The zero-order chi connectivity index (χ0) is 42.5. The highest BCUT2D eigenvalue weighted by Gasteiger charge is 2.26. The third-order valence-corrected chi connectivity index (χ3v) is 8.92. The van der Waals surface area contributed by atoms with Crippen LogP contribution in [0.25, 0.3) is 11.4 Å². The Morgan fingerprint density at radius 3 is 1.88 bits per heavy atom. The number of hydrogen-bond acceptors (Lipinski definition) is 14. The number of anilines is 1. The third kappa shape index (κ3) is 17.9. The largest absolute Gasteiger partial charge is 0.486 e. The van der Waals surface area contributed by atoms with Gasteiger partial charge in [-0.15, -0.1) is 0 Å². The van der Waals surface area contributed by atoms with Gasteiger partial charge in [0.05, 0.1) is 116 Å². The van der Waals surface area contributed by atoms with E-state index in [1.54, 1.807) is 11.0 Å². The van der Waals surface area contributed by atoms with Gasteiger partial charge in [-0.2, -0.15) is 4.39 Å². The molecule has 0 aliphatic carbocycles. The zero-order valence-electron chi connectivity index (χ0n) is 34.6. The quantitative estimate of drug-likeness (QED) is 0.0532. The van der Waals surface area contributed by atoms with Crippen molar-refractivity contribution in [3.63, 3.8) is 0 Å². The first kappa shape index (κ1) is 48.0. The lowest BCUT2D eigenvalue weighted by molar-refractivity contribution is -0.122. The van der Waals surface area contributed by atoms with Gasteiger partial charge in [-0.25, -0.2) is 4.98 Å². The number of aromatic nitrogens is 1. The van der Waals surface area contributed by atoms with Crippen molar-refractivity contribution in [2.75, 3.05) is 131 Å². The number of benzene rings is 2. The van der Waals surface area contributed by atoms with Crippen LogP contribution in [-0.4, -0.2) is 143 Å². The summed E-state index contributed by atoms with van der Waals surface area (Å²) >= 11 is 0. The molecule has 1 aromatic heterocycles. The molecule has 16 nitrogen and oxygen atoms in total. The number of nitrogens with two attached hydrogens (primary N) is 1. The second-order valence-electron chi connectivity index (χ2n) is 13.3. The van der Waals surface area contributed by atoms with Crippen molar-refractivity contribution in [3.05, 3.63) is 89.5 Å². The number of likely N-dealkylation sites (N-methyl/N-ethyl adjacent to an activating group) is 1.